The molecule has 3 aromatic carbocycles. The standard InChI is InChI=1S/C27H26N2O4S/c1-5-33-27(32)19-10-11-23-21(14-19)29(26(31)20-8-6-7-9-22(20)34-23)15-24(30)28-25-17(3)12-16(2)13-18(25)4/h6-14H,5,15H2,1-4H3,(H,28,30). The average molecular weight is 475 g/mol. The van der Waals surface area contributed by atoms with E-state index in [1.54, 1.807) is 37.3 Å². The Bertz CT molecular complexity index is 1280. The predicted molar refractivity (Wildman–Crippen MR) is 134 cm³/mol. The lowest BCUT2D eigenvalue weighted by atomic mass is 10.1. The zero-order chi connectivity index (χ0) is 24.4. The van der Waals surface area contributed by atoms with E-state index in [-0.39, 0.29) is 25.0 Å². The molecule has 7 heteroatoms. The summed E-state index contributed by atoms with van der Waals surface area (Å²) in [7, 11) is 0. The summed E-state index contributed by atoms with van der Waals surface area (Å²) in [5.41, 5.74) is 5.12. The Hall–Kier alpha value is -3.58. The van der Waals surface area contributed by atoms with Gasteiger partial charge in [-0.25, -0.2) is 4.79 Å². The van der Waals surface area contributed by atoms with Crippen molar-refractivity contribution in [3.8, 4) is 0 Å². The normalized spacial score (nSPS) is 12.5. The molecule has 0 aromatic heterocycles. The van der Waals surface area contributed by atoms with Crippen LogP contribution in [0.3, 0.4) is 0 Å². The summed E-state index contributed by atoms with van der Waals surface area (Å²) in [6.07, 6.45) is 0. The topological polar surface area (TPSA) is 75.7 Å². The molecule has 0 aliphatic carbocycles. The Morgan fingerprint density at radius 1 is 0.971 bits per heavy atom. The van der Waals surface area contributed by atoms with Crippen LogP contribution in [0.2, 0.25) is 0 Å². The van der Waals surface area contributed by atoms with E-state index >= 15 is 0 Å². The van der Waals surface area contributed by atoms with Gasteiger partial charge in [0.05, 0.1) is 23.4 Å². The highest BCUT2D eigenvalue weighted by Gasteiger charge is 2.30. The number of benzene rings is 3. The lowest BCUT2D eigenvalue weighted by Gasteiger charge is -2.23. The van der Waals surface area contributed by atoms with Crippen LogP contribution in [0.4, 0.5) is 11.4 Å². The van der Waals surface area contributed by atoms with Crippen molar-refractivity contribution in [1.82, 2.24) is 0 Å². The minimum atomic E-state index is -0.472. The molecule has 1 aliphatic rings. The maximum Gasteiger partial charge on any atom is 0.338 e. The van der Waals surface area contributed by atoms with Gasteiger partial charge in [0.2, 0.25) is 5.91 Å². The molecule has 0 atom stereocenters. The third-order valence-electron chi connectivity index (χ3n) is 5.59. The van der Waals surface area contributed by atoms with E-state index < -0.39 is 5.97 Å². The lowest BCUT2D eigenvalue weighted by Crippen LogP contribution is -2.38. The van der Waals surface area contributed by atoms with Crippen molar-refractivity contribution in [2.24, 2.45) is 0 Å². The van der Waals surface area contributed by atoms with Crippen LogP contribution in [0.5, 0.6) is 0 Å². The highest BCUT2D eigenvalue weighted by atomic mass is 32.2. The Morgan fingerprint density at radius 3 is 2.38 bits per heavy atom. The van der Waals surface area contributed by atoms with Crippen LogP contribution in [0.1, 0.15) is 44.3 Å². The number of fused-ring (bicyclic) bond motifs is 2. The second-order valence-electron chi connectivity index (χ2n) is 8.21. The summed E-state index contributed by atoms with van der Waals surface area (Å²) in [4.78, 5) is 42.1. The van der Waals surface area contributed by atoms with Crippen molar-refractivity contribution < 1.29 is 19.1 Å². The zero-order valence-corrected chi connectivity index (χ0v) is 20.4. The molecule has 0 spiro atoms. The maximum atomic E-state index is 13.6. The van der Waals surface area contributed by atoms with E-state index in [1.165, 1.54) is 16.7 Å². The third-order valence-corrected chi connectivity index (χ3v) is 6.73. The van der Waals surface area contributed by atoms with Gasteiger partial charge in [-0.2, -0.15) is 0 Å². The molecule has 0 saturated heterocycles. The number of carbonyl (C=O) groups is 3. The molecule has 6 nitrogen and oxygen atoms in total. The minimum Gasteiger partial charge on any atom is -0.462 e. The van der Waals surface area contributed by atoms with Crippen molar-refractivity contribution in [3.63, 3.8) is 0 Å². The SMILES string of the molecule is CCOC(=O)c1ccc2c(c1)N(CC(=O)Nc1c(C)cc(C)cc1C)C(=O)c1ccccc1S2. The maximum absolute atomic E-state index is 13.6. The molecule has 1 N–H and O–H groups in total. The van der Waals surface area contributed by atoms with Gasteiger partial charge in [0.25, 0.3) is 5.91 Å². The molecule has 0 saturated carbocycles. The molecule has 174 valence electrons. The van der Waals surface area contributed by atoms with Gasteiger partial charge in [0, 0.05) is 15.5 Å². The molecule has 3 aromatic rings. The summed E-state index contributed by atoms with van der Waals surface area (Å²) in [6, 6.07) is 16.4. The quantitative estimate of drug-likeness (QED) is 0.492. The number of nitrogens with zero attached hydrogens (tertiary/aromatic N) is 1. The van der Waals surface area contributed by atoms with Crippen LogP contribution in [0.15, 0.2) is 64.4 Å². The smallest absolute Gasteiger partial charge is 0.338 e. The Kier molecular flexibility index (Phi) is 6.75. The average Bonchev–Trinajstić information content (AvgIpc) is 2.91. The Morgan fingerprint density at radius 2 is 1.68 bits per heavy atom. The van der Waals surface area contributed by atoms with Crippen molar-refractivity contribution in [1.29, 1.82) is 0 Å². The van der Waals surface area contributed by atoms with E-state index in [0.29, 0.717) is 16.8 Å². The van der Waals surface area contributed by atoms with E-state index in [9.17, 15) is 14.4 Å². The number of nitrogens with one attached hydrogen (secondary N) is 1. The fourth-order valence-corrected chi connectivity index (χ4v) is 5.18. The summed E-state index contributed by atoms with van der Waals surface area (Å²) >= 11 is 1.44. The van der Waals surface area contributed by atoms with Crippen LogP contribution >= 0.6 is 11.8 Å². The van der Waals surface area contributed by atoms with E-state index in [4.69, 9.17) is 4.74 Å². The number of carbonyl (C=O) groups excluding carboxylic acids is 3. The second kappa shape index (κ2) is 9.73. The van der Waals surface area contributed by atoms with Gasteiger partial charge >= 0.3 is 5.97 Å². The van der Waals surface area contributed by atoms with Crippen LogP contribution in [-0.2, 0) is 9.53 Å². The van der Waals surface area contributed by atoms with Crippen LogP contribution in [-0.4, -0.2) is 30.9 Å². The fourth-order valence-electron chi connectivity index (χ4n) is 4.12. The monoisotopic (exact) mass is 474 g/mol. The first-order valence-corrected chi connectivity index (χ1v) is 11.9. The van der Waals surface area contributed by atoms with Gasteiger partial charge in [-0.15, -0.1) is 0 Å². The molecular weight excluding hydrogens is 448 g/mol. The van der Waals surface area contributed by atoms with Crippen molar-refractivity contribution in [2.45, 2.75) is 37.5 Å². The number of aryl methyl sites for hydroxylation is 3. The Balaban J connectivity index is 1.73. The van der Waals surface area contributed by atoms with Crippen molar-refractivity contribution in [3.05, 3.63) is 82.4 Å². The van der Waals surface area contributed by atoms with Gasteiger partial charge in [-0.3, -0.25) is 14.5 Å². The van der Waals surface area contributed by atoms with E-state index in [0.717, 1.165) is 32.2 Å². The first kappa shape index (κ1) is 23.6. The molecule has 2 amide bonds. The van der Waals surface area contributed by atoms with E-state index in [1.807, 2.05) is 45.0 Å². The molecule has 4 rings (SSSR count). The van der Waals surface area contributed by atoms with Crippen LogP contribution < -0.4 is 10.2 Å². The molecular formula is C27H26N2O4S. The molecule has 1 heterocycles. The van der Waals surface area contributed by atoms with Crippen molar-refractivity contribution >= 4 is 40.9 Å². The fraction of sp³-hybridized carbons (Fsp3) is 0.222. The van der Waals surface area contributed by atoms with Gasteiger partial charge in [0.1, 0.15) is 6.54 Å². The Labute approximate surface area is 203 Å². The van der Waals surface area contributed by atoms with E-state index in [2.05, 4.69) is 5.32 Å². The highest BCUT2D eigenvalue weighted by molar-refractivity contribution is 7.99. The number of rotatable bonds is 5. The summed E-state index contributed by atoms with van der Waals surface area (Å²) in [5.74, 6) is -1.09. The summed E-state index contributed by atoms with van der Waals surface area (Å²) < 4.78 is 5.14. The van der Waals surface area contributed by atoms with Gasteiger partial charge in [0.15, 0.2) is 0 Å². The van der Waals surface area contributed by atoms with Crippen LogP contribution in [0.25, 0.3) is 0 Å². The number of amides is 2. The third kappa shape index (κ3) is 4.70. The highest BCUT2D eigenvalue weighted by Crippen LogP contribution is 2.41. The molecule has 0 fully saturated rings. The number of anilines is 2. The molecule has 0 unspecified atom stereocenters. The van der Waals surface area contributed by atoms with Gasteiger partial charge in [-0.05, 0) is 69.2 Å². The molecule has 0 bridgehead atoms. The summed E-state index contributed by atoms with van der Waals surface area (Å²) in [5, 5.41) is 2.98. The summed E-state index contributed by atoms with van der Waals surface area (Å²) in [6.45, 7) is 7.69. The number of hydrogen-bond acceptors (Lipinski definition) is 5. The number of ether oxygens (including phenoxy) is 1. The number of hydrogen-bond donors (Lipinski definition) is 1. The predicted octanol–water partition coefficient (Wildman–Crippen LogP) is 5.54. The minimum absolute atomic E-state index is 0.195. The van der Waals surface area contributed by atoms with Crippen molar-refractivity contribution in [2.75, 3.05) is 23.4 Å². The molecule has 34 heavy (non-hydrogen) atoms. The van der Waals surface area contributed by atoms with Gasteiger partial charge < -0.3 is 10.1 Å². The second-order valence-corrected chi connectivity index (χ2v) is 9.30. The largest absolute Gasteiger partial charge is 0.462 e. The first-order valence-electron chi connectivity index (χ1n) is 11.1. The number of esters is 1. The van der Waals surface area contributed by atoms with Crippen LogP contribution in [0, 0.1) is 20.8 Å². The zero-order valence-electron chi connectivity index (χ0n) is 19.6. The molecule has 1 aliphatic heterocycles. The first-order chi connectivity index (χ1) is 16.3. The van der Waals surface area contributed by atoms with Gasteiger partial charge in [-0.1, -0.05) is 41.6 Å². The lowest BCUT2D eigenvalue weighted by molar-refractivity contribution is -0.114. The molecule has 0 radical (unpaired) electrons.